The van der Waals surface area contributed by atoms with Crippen molar-refractivity contribution < 1.29 is 18.7 Å². The second kappa shape index (κ2) is 2.51. The van der Waals surface area contributed by atoms with Crippen molar-refractivity contribution in [1.82, 2.24) is 0 Å². The zero-order valence-electron chi connectivity index (χ0n) is 7.62. The maximum atomic E-state index is 11.3. The summed E-state index contributed by atoms with van der Waals surface area (Å²) in [6, 6.07) is 1.76. The van der Waals surface area contributed by atoms with Crippen LogP contribution in [0.25, 0.3) is 11.2 Å². The highest BCUT2D eigenvalue weighted by atomic mass is 28.1. The Labute approximate surface area is 82.5 Å². The van der Waals surface area contributed by atoms with E-state index >= 15 is 0 Å². The van der Waals surface area contributed by atoms with Gasteiger partial charge in [-0.15, -0.1) is 0 Å². The molecule has 3 rings (SSSR count). The maximum absolute atomic E-state index is 11.3. The van der Waals surface area contributed by atoms with Gasteiger partial charge in [-0.2, -0.15) is 0 Å². The summed E-state index contributed by atoms with van der Waals surface area (Å²) in [5.74, 6) is 0.457. The number of hydrogen-bond donors (Lipinski definition) is 0. The van der Waals surface area contributed by atoms with Crippen molar-refractivity contribution in [3.05, 3.63) is 17.2 Å². The van der Waals surface area contributed by atoms with Gasteiger partial charge in [-0.25, -0.2) is 4.79 Å². The molecule has 1 aliphatic rings. The molecule has 14 heavy (non-hydrogen) atoms. The summed E-state index contributed by atoms with van der Waals surface area (Å²) in [6.07, 6.45) is 0.726. The van der Waals surface area contributed by atoms with E-state index in [1.165, 1.54) is 0 Å². The Kier molecular flexibility index (Phi) is 1.41. The first-order valence-corrected chi connectivity index (χ1v) is 5.90. The molecular formula is C9H8O4Si. The molecule has 2 aromatic rings. The summed E-state index contributed by atoms with van der Waals surface area (Å²) < 4.78 is 15.8. The fraction of sp³-hybridized carbons (Fsp3) is 0.222. The Morgan fingerprint density at radius 2 is 2.43 bits per heavy atom. The molecule has 3 heterocycles. The molecule has 0 saturated carbocycles. The average Bonchev–Trinajstić information content (AvgIpc) is 2.78. The summed E-state index contributed by atoms with van der Waals surface area (Å²) >= 11 is 0. The zero-order valence-corrected chi connectivity index (χ0v) is 9.62. The van der Waals surface area contributed by atoms with Gasteiger partial charge in [0.15, 0.2) is 11.3 Å². The molecule has 4 nitrogen and oxygen atoms in total. The van der Waals surface area contributed by atoms with Gasteiger partial charge in [0.05, 0.1) is 22.0 Å². The van der Waals surface area contributed by atoms with E-state index in [1.807, 2.05) is 0 Å². The van der Waals surface area contributed by atoms with Crippen LogP contribution in [-0.4, -0.2) is 22.4 Å². The molecule has 0 aromatic carbocycles. The molecule has 0 fully saturated rings. The monoisotopic (exact) mass is 208 g/mol. The highest BCUT2D eigenvalue weighted by Crippen LogP contribution is 2.40. The summed E-state index contributed by atoms with van der Waals surface area (Å²) in [6.45, 7) is 0.314. The molecule has 1 aliphatic heterocycles. The third-order valence-corrected chi connectivity index (χ3v) is 2.66. The lowest BCUT2D eigenvalue weighted by Crippen LogP contribution is -1.96. The molecule has 0 saturated heterocycles. The number of ether oxygens (including phenoxy) is 2. The second-order valence-corrected chi connectivity index (χ2v) is 3.74. The fourth-order valence-electron chi connectivity index (χ4n) is 1.80. The van der Waals surface area contributed by atoms with Gasteiger partial charge in [-0.1, -0.05) is 0 Å². The van der Waals surface area contributed by atoms with Crippen LogP contribution in [0.15, 0.2) is 10.5 Å². The van der Waals surface area contributed by atoms with E-state index in [0.717, 1.165) is 27.8 Å². The van der Waals surface area contributed by atoms with E-state index in [2.05, 4.69) is 0 Å². The normalized spacial score (nSPS) is 15.0. The molecule has 0 N–H and O–H groups in total. The summed E-state index contributed by atoms with van der Waals surface area (Å²) in [7, 11) is 0.978. The summed E-state index contributed by atoms with van der Waals surface area (Å²) in [4.78, 5) is 11.3. The van der Waals surface area contributed by atoms with Crippen molar-refractivity contribution in [3.63, 3.8) is 0 Å². The lowest BCUT2D eigenvalue weighted by Gasteiger charge is -1.99. The molecular weight excluding hydrogens is 200 g/mol. The number of furan rings is 2. The molecule has 0 spiro atoms. The fourth-order valence-corrected chi connectivity index (χ4v) is 2.12. The Balaban J connectivity index is 2.21. The average molecular weight is 208 g/mol. The highest BCUT2D eigenvalue weighted by Gasteiger charge is 2.32. The van der Waals surface area contributed by atoms with Gasteiger partial charge in [0.2, 0.25) is 0 Å². The molecule has 2 aromatic heterocycles. The smallest absolute Gasteiger partial charge is 0.342 e. The number of carbonyl (C=O) groups excluding carboxylic acids is 1. The van der Waals surface area contributed by atoms with Crippen molar-refractivity contribution in [1.29, 1.82) is 0 Å². The summed E-state index contributed by atoms with van der Waals surface area (Å²) in [5, 5.41) is 0. The van der Waals surface area contributed by atoms with Crippen molar-refractivity contribution in [2.24, 2.45) is 0 Å². The van der Waals surface area contributed by atoms with E-state index < -0.39 is 0 Å². The molecule has 72 valence electrons. The number of fused-ring (bicyclic) bond motifs is 5. The minimum absolute atomic E-state index is 0.286. The van der Waals surface area contributed by atoms with E-state index in [9.17, 15) is 4.79 Å². The van der Waals surface area contributed by atoms with E-state index in [4.69, 9.17) is 13.9 Å². The quantitative estimate of drug-likeness (QED) is 0.524. The van der Waals surface area contributed by atoms with Gasteiger partial charge in [0, 0.05) is 6.07 Å². The van der Waals surface area contributed by atoms with Gasteiger partial charge < -0.3 is 13.9 Å². The molecule has 2 bridgehead atoms. The number of hydrogen-bond acceptors (Lipinski definition) is 4. The lowest BCUT2D eigenvalue weighted by atomic mass is 10.1. The van der Waals surface area contributed by atoms with Gasteiger partial charge in [0.25, 0.3) is 0 Å². The van der Waals surface area contributed by atoms with Crippen molar-refractivity contribution in [3.8, 4) is 5.75 Å². The number of carbonyl (C=O) groups is 1. The highest BCUT2D eigenvalue weighted by molar-refractivity contribution is 6.08. The van der Waals surface area contributed by atoms with Crippen LogP contribution < -0.4 is 4.74 Å². The van der Waals surface area contributed by atoms with Crippen LogP contribution in [0.1, 0.15) is 15.9 Å². The molecule has 0 amide bonds. The minimum Gasteiger partial charge on any atom is -0.494 e. The van der Waals surface area contributed by atoms with Gasteiger partial charge in [-0.05, 0) is 0 Å². The second-order valence-electron chi connectivity index (χ2n) is 3.17. The van der Waals surface area contributed by atoms with Crippen LogP contribution in [0, 0.1) is 0 Å². The van der Waals surface area contributed by atoms with Crippen LogP contribution in [-0.2, 0) is 11.3 Å². The zero-order chi connectivity index (χ0) is 9.71. The van der Waals surface area contributed by atoms with Crippen molar-refractivity contribution in [2.45, 2.75) is 6.61 Å². The number of benzene rings is 1. The Morgan fingerprint density at radius 3 is 3.21 bits per heavy atom. The first kappa shape index (κ1) is 7.87. The SMILES string of the molecule is O=C1OCc2c1c1cc(OC[SiH3])c2o1. The number of esters is 1. The topological polar surface area (TPSA) is 48.7 Å². The summed E-state index contributed by atoms with van der Waals surface area (Å²) in [5.41, 5.74) is 2.69. The molecule has 0 radical (unpaired) electrons. The molecule has 5 heteroatoms. The third kappa shape index (κ3) is 0.798. The van der Waals surface area contributed by atoms with Crippen LogP contribution in [0.4, 0.5) is 0 Å². The Hall–Kier alpha value is -1.49. The molecule has 0 atom stereocenters. The van der Waals surface area contributed by atoms with Crippen LogP contribution >= 0.6 is 0 Å². The number of cyclic esters (lactones) is 1. The lowest BCUT2D eigenvalue weighted by molar-refractivity contribution is 0.0534. The first-order chi connectivity index (χ1) is 6.81. The molecule has 0 unspecified atom stereocenters. The van der Waals surface area contributed by atoms with Crippen LogP contribution in [0.5, 0.6) is 5.75 Å². The van der Waals surface area contributed by atoms with E-state index in [1.54, 1.807) is 6.07 Å². The standard InChI is InChI=1S/C9H8O4Si/c10-9-7-4(2-11-9)8-6(12-3-14)1-5(7)13-8/h1H,2-3H2,14H3. The van der Waals surface area contributed by atoms with Gasteiger partial charge in [0.1, 0.15) is 17.8 Å². The van der Waals surface area contributed by atoms with Crippen LogP contribution in [0.3, 0.4) is 0 Å². The van der Waals surface area contributed by atoms with Crippen LogP contribution in [0.2, 0.25) is 0 Å². The van der Waals surface area contributed by atoms with E-state index in [0.29, 0.717) is 23.3 Å². The minimum atomic E-state index is -0.286. The maximum Gasteiger partial charge on any atom is 0.342 e. The van der Waals surface area contributed by atoms with Crippen molar-refractivity contribution in [2.75, 3.05) is 6.23 Å². The predicted molar refractivity (Wildman–Crippen MR) is 52.0 cm³/mol. The number of rotatable bonds is 2. The third-order valence-electron chi connectivity index (χ3n) is 2.37. The molecule has 0 aliphatic carbocycles. The Morgan fingerprint density at radius 1 is 1.57 bits per heavy atom. The van der Waals surface area contributed by atoms with Crippen molar-refractivity contribution >= 4 is 27.4 Å². The first-order valence-electron chi connectivity index (χ1n) is 4.49. The van der Waals surface area contributed by atoms with E-state index in [-0.39, 0.29) is 5.97 Å². The Bertz CT molecular complexity index is 501. The van der Waals surface area contributed by atoms with Gasteiger partial charge >= 0.3 is 5.97 Å². The van der Waals surface area contributed by atoms with Gasteiger partial charge in [-0.3, -0.25) is 0 Å². The predicted octanol–water partition coefficient (Wildman–Crippen LogP) is 0.243. The largest absolute Gasteiger partial charge is 0.494 e.